The molecule has 0 N–H and O–H groups in total. The van der Waals surface area contributed by atoms with E-state index in [0.717, 1.165) is 22.4 Å². The number of carbonyl (C=O) groups is 1. The van der Waals surface area contributed by atoms with Gasteiger partial charge in [0.1, 0.15) is 0 Å². The molecular formula is C15H21NO2S. The Kier molecular flexibility index (Phi) is 6.53. The van der Waals surface area contributed by atoms with Crippen molar-refractivity contribution in [1.29, 1.82) is 0 Å². The molecular weight excluding hydrogens is 258 g/mol. The summed E-state index contributed by atoms with van der Waals surface area (Å²) in [5, 5.41) is 2.06. The predicted molar refractivity (Wildman–Crippen MR) is 80.1 cm³/mol. The second-order valence-corrected chi connectivity index (χ2v) is 5.35. The van der Waals surface area contributed by atoms with E-state index in [1.54, 1.807) is 23.3 Å². The molecule has 0 bridgehead atoms. The molecule has 1 heterocycles. The van der Waals surface area contributed by atoms with Gasteiger partial charge >= 0.3 is 0 Å². The summed E-state index contributed by atoms with van der Waals surface area (Å²) < 4.78 is 5.09. The van der Waals surface area contributed by atoms with E-state index in [2.05, 4.69) is 24.6 Å². The van der Waals surface area contributed by atoms with Crippen molar-refractivity contribution >= 4 is 17.2 Å². The number of ether oxygens (including phenoxy) is 1. The third-order valence-electron chi connectivity index (χ3n) is 2.77. The Balaban J connectivity index is 2.72. The van der Waals surface area contributed by atoms with Crippen LogP contribution in [0.5, 0.6) is 0 Å². The van der Waals surface area contributed by atoms with Crippen molar-refractivity contribution in [2.45, 2.75) is 26.5 Å². The van der Waals surface area contributed by atoms with Crippen LogP contribution in [0.3, 0.4) is 0 Å². The fourth-order valence-corrected chi connectivity index (χ4v) is 2.55. The summed E-state index contributed by atoms with van der Waals surface area (Å²) in [5.41, 5.74) is 2.19. The van der Waals surface area contributed by atoms with Crippen LogP contribution >= 0.6 is 11.3 Å². The lowest BCUT2D eigenvalue weighted by Crippen LogP contribution is -2.30. The van der Waals surface area contributed by atoms with Gasteiger partial charge in [-0.2, -0.15) is 0 Å². The Labute approximate surface area is 119 Å². The zero-order chi connectivity index (χ0) is 14.3. The minimum atomic E-state index is -0.0590. The molecule has 1 aromatic heterocycles. The molecule has 19 heavy (non-hydrogen) atoms. The summed E-state index contributed by atoms with van der Waals surface area (Å²) in [5.74, 6) is -0.0590. The van der Waals surface area contributed by atoms with E-state index < -0.39 is 0 Å². The molecule has 0 fully saturated rings. The summed E-state index contributed by atoms with van der Waals surface area (Å²) in [6.07, 6.45) is 2.23. The summed E-state index contributed by atoms with van der Waals surface area (Å²) >= 11 is 1.64. The molecule has 0 radical (unpaired) electrons. The molecule has 1 amide bonds. The SMILES string of the molecule is C=CC(=O)N(CC(=C)CC)Cc1cc(COC)cs1. The normalized spacial score (nSPS) is 10.2. The Morgan fingerprint density at radius 3 is 2.89 bits per heavy atom. The highest BCUT2D eigenvalue weighted by molar-refractivity contribution is 7.10. The topological polar surface area (TPSA) is 29.5 Å². The molecule has 1 aromatic rings. The number of carbonyl (C=O) groups excluding carboxylic acids is 1. The number of nitrogens with zero attached hydrogens (tertiary/aromatic N) is 1. The van der Waals surface area contributed by atoms with Crippen molar-refractivity contribution in [1.82, 2.24) is 4.90 Å². The van der Waals surface area contributed by atoms with Gasteiger partial charge in [0.15, 0.2) is 0 Å². The standard InChI is InChI=1S/C15H21NO2S/c1-5-12(3)8-16(15(17)6-2)9-14-7-13(10-18-4)11-19-14/h6-7,11H,2-3,5,8-10H2,1,4H3. The molecule has 0 unspecified atom stereocenters. The Hall–Kier alpha value is -1.39. The molecule has 0 saturated heterocycles. The molecule has 0 atom stereocenters. The molecule has 0 aliphatic carbocycles. The van der Waals surface area contributed by atoms with E-state index in [0.29, 0.717) is 19.7 Å². The third kappa shape index (κ3) is 5.01. The number of rotatable bonds is 8. The number of amides is 1. The van der Waals surface area contributed by atoms with Gasteiger partial charge in [0.25, 0.3) is 0 Å². The fourth-order valence-electron chi connectivity index (χ4n) is 1.66. The zero-order valence-electron chi connectivity index (χ0n) is 11.6. The monoisotopic (exact) mass is 279 g/mol. The van der Waals surface area contributed by atoms with E-state index in [-0.39, 0.29) is 5.91 Å². The molecule has 1 rings (SSSR count). The highest BCUT2D eigenvalue weighted by Gasteiger charge is 2.13. The van der Waals surface area contributed by atoms with Crippen molar-refractivity contribution in [3.8, 4) is 0 Å². The second kappa shape index (κ2) is 7.92. The first-order chi connectivity index (χ1) is 9.10. The molecule has 0 spiro atoms. The van der Waals surface area contributed by atoms with Gasteiger partial charge < -0.3 is 9.64 Å². The van der Waals surface area contributed by atoms with E-state index in [9.17, 15) is 4.79 Å². The van der Waals surface area contributed by atoms with Gasteiger partial charge in [-0.25, -0.2) is 0 Å². The van der Waals surface area contributed by atoms with Gasteiger partial charge in [-0.15, -0.1) is 11.3 Å². The lowest BCUT2D eigenvalue weighted by molar-refractivity contribution is -0.126. The first-order valence-corrected chi connectivity index (χ1v) is 7.11. The lowest BCUT2D eigenvalue weighted by atomic mass is 10.2. The second-order valence-electron chi connectivity index (χ2n) is 4.36. The van der Waals surface area contributed by atoms with E-state index >= 15 is 0 Å². The van der Waals surface area contributed by atoms with Crippen molar-refractivity contribution in [2.75, 3.05) is 13.7 Å². The fraction of sp³-hybridized carbons (Fsp3) is 0.400. The van der Waals surface area contributed by atoms with Crippen LogP contribution in [0.25, 0.3) is 0 Å². The largest absolute Gasteiger partial charge is 0.380 e. The van der Waals surface area contributed by atoms with Gasteiger partial charge in [0.05, 0.1) is 13.2 Å². The maximum atomic E-state index is 11.8. The minimum Gasteiger partial charge on any atom is -0.380 e. The number of hydrogen-bond donors (Lipinski definition) is 0. The van der Waals surface area contributed by atoms with E-state index in [1.165, 1.54) is 6.08 Å². The van der Waals surface area contributed by atoms with E-state index in [4.69, 9.17) is 4.74 Å². The summed E-state index contributed by atoms with van der Waals surface area (Å²) in [6.45, 7) is 11.3. The highest BCUT2D eigenvalue weighted by atomic mass is 32.1. The maximum Gasteiger partial charge on any atom is 0.246 e. The number of hydrogen-bond acceptors (Lipinski definition) is 3. The predicted octanol–water partition coefficient (Wildman–Crippen LogP) is 3.38. The Bertz CT molecular complexity index is 451. The summed E-state index contributed by atoms with van der Waals surface area (Å²) in [7, 11) is 1.68. The van der Waals surface area contributed by atoms with Crippen molar-refractivity contribution < 1.29 is 9.53 Å². The van der Waals surface area contributed by atoms with Crippen LogP contribution in [0, 0.1) is 0 Å². The molecule has 104 valence electrons. The molecule has 4 heteroatoms. The van der Waals surface area contributed by atoms with Gasteiger partial charge in [0, 0.05) is 18.5 Å². The lowest BCUT2D eigenvalue weighted by Gasteiger charge is -2.21. The number of methoxy groups -OCH3 is 1. The van der Waals surface area contributed by atoms with Crippen LogP contribution in [0.2, 0.25) is 0 Å². The van der Waals surface area contributed by atoms with Crippen molar-refractivity contribution in [2.24, 2.45) is 0 Å². The Morgan fingerprint density at radius 1 is 1.58 bits per heavy atom. The third-order valence-corrected chi connectivity index (χ3v) is 3.74. The summed E-state index contributed by atoms with van der Waals surface area (Å²) in [6, 6.07) is 2.08. The molecule has 3 nitrogen and oxygen atoms in total. The number of thiophene rings is 1. The van der Waals surface area contributed by atoms with Crippen LogP contribution < -0.4 is 0 Å². The van der Waals surface area contributed by atoms with Crippen LogP contribution in [-0.2, 0) is 22.7 Å². The minimum absolute atomic E-state index is 0.0590. The molecule has 0 aliphatic rings. The Morgan fingerprint density at radius 2 is 2.32 bits per heavy atom. The van der Waals surface area contributed by atoms with Crippen LogP contribution in [-0.4, -0.2) is 24.5 Å². The highest BCUT2D eigenvalue weighted by Crippen LogP contribution is 2.18. The van der Waals surface area contributed by atoms with Gasteiger partial charge in [-0.05, 0) is 29.5 Å². The maximum absolute atomic E-state index is 11.8. The zero-order valence-corrected chi connectivity index (χ0v) is 12.5. The van der Waals surface area contributed by atoms with Crippen molar-refractivity contribution in [3.05, 3.63) is 46.7 Å². The van der Waals surface area contributed by atoms with Gasteiger partial charge in [-0.3, -0.25) is 4.79 Å². The van der Waals surface area contributed by atoms with Gasteiger partial charge in [0.2, 0.25) is 5.91 Å². The summed E-state index contributed by atoms with van der Waals surface area (Å²) in [4.78, 5) is 14.8. The quantitative estimate of drug-likeness (QED) is 0.539. The van der Waals surface area contributed by atoms with E-state index in [1.807, 2.05) is 6.92 Å². The first-order valence-electron chi connectivity index (χ1n) is 6.23. The van der Waals surface area contributed by atoms with Crippen LogP contribution in [0.15, 0.2) is 36.3 Å². The van der Waals surface area contributed by atoms with Crippen molar-refractivity contribution in [3.63, 3.8) is 0 Å². The first kappa shape index (κ1) is 15.7. The van der Waals surface area contributed by atoms with Crippen LogP contribution in [0.1, 0.15) is 23.8 Å². The van der Waals surface area contributed by atoms with Gasteiger partial charge in [-0.1, -0.05) is 25.7 Å². The molecule has 0 saturated carbocycles. The molecule has 0 aliphatic heterocycles. The van der Waals surface area contributed by atoms with Crippen LogP contribution in [0.4, 0.5) is 0 Å². The molecule has 0 aromatic carbocycles. The average molecular weight is 279 g/mol. The average Bonchev–Trinajstić information content (AvgIpc) is 2.84. The smallest absolute Gasteiger partial charge is 0.246 e.